The first-order valence-corrected chi connectivity index (χ1v) is 10.2. The van der Waals surface area contributed by atoms with Crippen LogP contribution in [-0.2, 0) is 4.79 Å². The number of hydrogen-bond donors (Lipinski definition) is 1. The highest BCUT2D eigenvalue weighted by atomic mass is 16.5. The van der Waals surface area contributed by atoms with Crippen molar-refractivity contribution >= 4 is 23.4 Å². The second kappa shape index (κ2) is 8.87. The van der Waals surface area contributed by atoms with Crippen LogP contribution in [0.4, 0.5) is 11.4 Å². The minimum Gasteiger partial charge on any atom is -0.497 e. The van der Waals surface area contributed by atoms with E-state index in [0.717, 1.165) is 34.7 Å². The molecule has 152 valence electrons. The van der Waals surface area contributed by atoms with Crippen molar-refractivity contribution in [1.29, 1.82) is 0 Å². The number of nitrogens with zero attached hydrogens (tertiary/aromatic N) is 1. The van der Waals surface area contributed by atoms with Crippen LogP contribution < -0.4 is 15.0 Å². The van der Waals surface area contributed by atoms with Crippen LogP contribution >= 0.6 is 0 Å². The second-order valence-corrected chi connectivity index (χ2v) is 7.52. The third kappa shape index (κ3) is 4.23. The maximum absolute atomic E-state index is 13.1. The Morgan fingerprint density at radius 3 is 2.43 bits per heavy atom. The van der Waals surface area contributed by atoms with Gasteiger partial charge in [-0.3, -0.25) is 4.79 Å². The summed E-state index contributed by atoms with van der Waals surface area (Å²) < 4.78 is 5.19. The zero-order chi connectivity index (χ0) is 20.9. The summed E-state index contributed by atoms with van der Waals surface area (Å²) in [5, 5.41) is 3.63. The Labute approximate surface area is 177 Å². The number of anilines is 2. The van der Waals surface area contributed by atoms with Crippen LogP contribution in [0.3, 0.4) is 0 Å². The van der Waals surface area contributed by atoms with E-state index < -0.39 is 0 Å². The van der Waals surface area contributed by atoms with E-state index in [1.54, 1.807) is 13.2 Å². The molecule has 0 fully saturated rings. The summed E-state index contributed by atoms with van der Waals surface area (Å²) in [7, 11) is 1.64. The lowest BCUT2D eigenvalue weighted by atomic mass is 9.91. The van der Waals surface area contributed by atoms with E-state index in [-0.39, 0.29) is 18.0 Å². The van der Waals surface area contributed by atoms with Crippen LogP contribution in [0.25, 0.3) is 6.08 Å². The summed E-state index contributed by atoms with van der Waals surface area (Å²) in [5.74, 6) is 0.790. The number of amides is 1. The first kappa shape index (κ1) is 19.8. The van der Waals surface area contributed by atoms with Gasteiger partial charge >= 0.3 is 0 Å². The van der Waals surface area contributed by atoms with Crippen molar-refractivity contribution in [3.05, 3.63) is 96.1 Å². The molecular weight excluding hydrogens is 372 g/mol. The largest absolute Gasteiger partial charge is 0.497 e. The van der Waals surface area contributed by atoms with Gasteiger partial charge in [0.2, 0.25) is 0 Å². The van der Waals surface area contributed by atoms with Gasteiger partial charge in [0, 0.05) is 23.5 Å². The van der Waals surface area contributed by atoms with E-state index in [0.29, 0.717) is 0 Å². The van der Waals surface area contributed by atoms with E-state index in [1.807, 2.05) is 71.6 Å². The number of fused-ring (bicyclic) bond motifs is 1. The number of rotatable bonds is 5. The topological polar surface area (TPSA) is 41.6 Å². The lowest BCUT2D eigenvalue weighted by molar-refractivity contribution is -0.114. The van der Waals surface area contributed by atoms with Gasteiger partial charge in [-0.2, -0.15) is 0 Å². The third-order valence-corrected chi connectivity index (χ3v) is 5.48. The Kier molecular flexibility index (Phi) is 5.84. The van der Waals surface area contributed by atoms with Crippen molar-refractivity contribution in [3.8, 4) is 5.75 Å². The van der Waals surface area contributed by atoms with E-state index in [9.17, 15) is 4.79 Å². The predicted molar refractivity (Wildman–Crippen MR) is 123 cm³/mol. The van der Waals surface area contributed by atoms with E-state index >= 15 is 0 Å². The zero-order valence-electron chi connectivity index (χ0n) is 17.3. The van der Waals surface area contributed by atoms with Gasteiger partial charge < -0.3 is 15.0 Å². The lowest BCUT2D eigenvalue weighted by Crippen LogP contribution is -2.43. The summed E-state index contributed by atoms with van der Waals surface area (Å²) in [6.07, 6.45) is 4.35. The summed E-state index contributed by atoms with van der Waals surface area (Å²) in [6, 6.07) is 26.3. The third-order valence-electron chi connectivity index (χ3n) is 5.48. The molecule has 0 aromatic heterocycles. The number of benzene rings is 3. The van der Waals surface area contributed by atoms with Crippen LogP contribution in [0, 0.1) is 0 Å². The monoisotopic (exact) mass is 398 g/mol. The molecule has 4 nitrogen and oxygen atoms in total. The first-order chi connectivity index (χ1) is 14.7. The molecule has 3 aromatic carbocycles. The Hall–Kier alpha value is -3.53. The molecule has 0 unspecified atom stereocenters. The zero-order valence-corrected chi connectivity index (χ0v) is 17.3. The molecule has 3 aromatic rings. The van der Waals surface area contributed by atoms with Crippen molar-refractivity contribution in [2.45, 2.75) is 25.4 Å². The fraction of sp³-hybridized carbons (Fsp3) is 0.192. The van der Waals surface area contributed by atoms with E-state index in [4.69, 9.17) is 4.74 Å². The highest BCUT2D eigenvalue weighted by Crippen LogP contribution is 2.39. The quantitative estimate of drug-likeness (QED) is 0.562. The van der Waals surface area contributed by atoms with Gasteiger partial charge in [0.15, 0.2) is 0 Å². The molecule has 2 atom stereocenters. The van der Waals surface area contributed by atoms with Crippen LogP contribution in [0.1, 0.15) is 30.5 Å². The van der Waals surface area contributed by atoms with E-state index in [2.05, 4.69) is 30.4 Å². The molecule has 1 aliphatic heterocycles. The standard InChI is InChI=1S/C26H26N2O2/c1-19-18-24(27-21-8-4-3-5-9-21)23-10-6-7-11-25(23)28(19)26(29)17-14-20-12-15-22(30-2)16-13-20/h3-17,19,24,27H,18H2,1-2H3/b17-14+/t19-,24-/m0/s1. The molecule has 1 N–H and O–H groups in total. The molecular formula is C26H26N2O2. The van der Waals surface area contributed by atoms with Crippen molar-refractivity contribution in [3.63, 3.8) is 0 Å². The molecule has 4 heteroatoms. The summed E-state index contributed by atoms with van der Waals surface area (Å²) in [5.41, 5.74) is 4.16. The van der Waals surface area contributed by atoms with Crippen molar-refractivity contribution in [2.75, 3.05) is 17.3 Å². The first-order valence-electron chi connectivity index (χ1n) is 10.2. The van der Waals surface area contributed by atoms with Gasteiger partial charge in [-0.1, -0.05) is 48.5 Å². The van der Waals surface area contributed by atoms with Crippen LogP contribution in [0.2, 0.25) is 0 Å². The van der Waals surface area contributed by atoms with Crippen molar-refractivity contribution in [1.82, 2.24) is 0 Å². The Morgan fingerprint density at radius 2 is 1.70 bits per heavy atom. The minimum absolute atomic E-state index is 0.0103. The summed E-state index contributed by atoms with van der Waals surface area (Å²) >= 11 is 0. The fourth-order valence-corrected chi connectivity index (χ4v) is 3.98. The molecule has 0 spiro atoms. The molecule has 1 heterocycles. The summed E-state index contributed by atoms with van der Waals surface area (Å²) in [4.78, 5) is 15.0. The second-order valence-electron chi connectivity index (χ2n) is 7.52. The minimum atomic E-state index is -0.0103. The Bertz CT molecular complexity index is 1030. The van der Waals surface area contributed by atoms with Crippen LogP contribution in [-0.4, -0.2) is 19.1 Å². The molecule has 0 saturated heterocycles. The van der Waals surface area contributed by atoms with Gasteiger partial charge in [0.25, 0.3) is 5.91 Å². The molecule has 30 heavy (non-hydrogen) atoms. The highest BCUT2D eigenvalue weighted by molar-refractivity contribution is 6.05. The van der Waals surface area contributed by atoms with Gasteiger partial charge in [-0.05, 0) is 60.9 Å². The highest BCUT2D eigenvalue weighted by Gasteiger charge is 2.32. The maximum Gasteiger partial charge on any atom is 0.251 e. The Balaban J connectivity index is 1.57. The lowest BCUT2D eigenvalue weighted by Gasteiger charge is -2.39. The van der Waals surface area contributed by atoms with Gasteiger partial charge in [0.1, 0.15) is 5.75 Å². The average Bonchev–Trinajstić information content (AvgIpc) is 2.78. The summed E-state index contributed by atoms with van der Waals surface area (Å²) in [6.45, 7) is 2.11. The number of carbonyl (C=O) groups is 1. The molecule has 1 amide bonds. The number of nitrogens with one attached hydrogen (secondary N) is 1. The number of para-hydroxylation sites is 2. The average molecular weight is 399 g/mol. The Morgan fingerprint density at radius 1 is 1.00 bits per heavy atom. The van der Waals surface area contributed by atoms with Crippen molar-refractivity contribution < 1.29 is 9.53 Å². The van der Waals surface area contributed by atoms with Gasteiger partial charge in [-0.15, -0.1) is 0 Å². The number of ether oxygens (including phenoxy) is 1. The predicted octanol–water partition coefficient (Wildman–Crippen LogP) is 5.69. The van der Waals surface area contributed by atoms with Crippen molar-refractivity contribution in [2.24, 2.45) is 0 Å². The van der Waals surface area contributed by atoms with Gasteiger partial charge in [0.05, 0.1) is 13.2 Å². The number of carbonyl (C=O) groups excluding carboxylic acids is 1. The van der Waals surface area contributed by atoms with Gasteiger partial charge in [-0.25, -0.2) is 0 Å². The molecule has 0 radical (unpaired) electrons. The maximum atomic E-state index is 13.1. The normalized spacial score (nSPS) is 18.1. The molecule has 0 saturated carbocycles. The number of hydrogen-bond acceptors (Lipinski definition) is 3. The number of methoxy groups -OCH3 is 1. The molecule has 0 aliphatic carbocycles. The molecule has 1 aliphatic rings. The van der Waals surface area contributed by atoms with Crippen LogP contribution in [0.5, 0.6) is 5.75 Å². The SMILES string of the molecule is COc1ccc(/C=C/C(=O)N2c3ccccc3[C@@H](Nc3ccccc3)C[C@@H]2C)cc1. The molecule has 0 bridgehead atoms. The van der Waals surface area contributed by atoms with E-state index in [1.165, 1.54) is 0 Å². The van der Waals surface area contributed by atoms with Crippen LogP contribution in [0.15, 0.2) is 84.9 Å². The molecule has 4 rings (SSSR count). The fourth-order valence-electron chi connectivity index (χ4n) is 3.98. The smallest absolute Gasteiger partial charge is 0.251 e.